The Morgan fingerprint density at radius 1 is 1.00 bits per heavy atom. The summed E-state index contributed by atoms with van der Waals surface area (Å²) >= 11 is 1.47. The zero-order valence-electron chi connectivity index (χ0n) is 15.2. The van der Waals surface area contributed by atoms with E-state index in [1.54, 1.807) is 4.90 Å². The second-order valence-electron chi connectivity index (χ2n) is 6.30. The van der Waals surface area contributed by atoms with Crippen LogP contribution in [0, 0.1) is 0 Å². The Bertz CT molecular complexity index is 872. The molecule has 0 unspecified atom stereocenters. The van der Waals surface area contributed by atoms with Crippen LogP contribution < -0.4 is 9.80 Å². The maximum Gasteiger partial charge on any atom is 0.283 e. The smallest absolute Gasteiger partial charge is 0.283 e. The van der Waals surface area contributed by atoms with E-state index in [2.05, 4.69) is 22.0 Å². The summed E-state index contributed by atoms with van der Waals surface area (Å²) in [5.41, 5.74) is 3.44. The second-order valence-corrected chi connectivity index (χ2v) is 7.07. The van der Waals surface area contributed by atoms with Gasteiger partial charge in [-0.2, -0.15) is 0 Å². The Morgan fingerprint density at radius 3 is 2.37 bits per heavy atom. The number of carbonyl (C=O) groups is 1. The number of carbonyl (C=O) groups excluding carboxylic acids is 1. The van der Waals surface area contributed by atoms with Crippen LogP contribution in [-0.4, -0.2) is 43.6 Å². The molecule has 0 bridgehead atoms. The number of morpholine rings is 1. The molecule has 1 fully saturated rings. The fourth-order valence-corrected chi connectivity index (χ4v) is 3.76. The molecule has 4 rings (SSSR count). The van der Waals surface area contributed by atoms with Crippen LogP contribution in [0.1, 0.15) is 5.56 Å². The van der Waals surface area contributed by atoms with E-state index in [0.717, 1.165) is 37.6 Å². The van der Waals surface area contributed by atoms with Crippen LogP contribution >= 0.6 is 11.8 Å². The van der Waals surface area contributed by atoms with E-state index < -0.39 is 0 Å². The van der Waals surface area contributed by atoms with Crippen LogP contribution in [0.3, 0.4) is 0 Å². The number of aliphatic imine (C=N–C) groups is 1. The minimum Gasteiger partial charge on any atom is -0.378 e. The Morgan fingerprint density at radius 2 is 1.70 bits per heavy atom. The van der Waals surface area contributed by atoms with Crippen molar-refractivity contribution in [2.24, 2.45) is 4.99 Å². The van der Waals surface area contributed by atoms with Crippen molar-refractivity contribution in [3.8, 4) is 0 Å². The number of ether oxygens (including phenoxy) is 1. The lowest BCUT2D eigenvalue weighted by Crippen LogP contribution is -2.36. The van der Waals surface area contributed by atoms with Gasteiger partial charge in [0.25, 0.3) is 5.91 Å². The van der Waals surface area contributed by atoms with Gasteiger partial charge < -0.3 is 9.64 Å². The lowest BCUT2D eigenvalue weighted by Gasteiger charge is -2.28. The topological polar surface area (TPSA) is 45.1 Å². The van der Waals surface area contributed by atoms with Gasteiger partial charge in [0, 0.05) is 18.8 Å². The van der Waals surface area contributed by atoms with Gasteiger partial charge in [-0.05, 0) is 42.2 Å². The first-order chi connectivity index (χ1) is 13.3. The number of thioether (sulfide) groups is 1. The molecule has 6 heteroatoms. The number of amides is 1. The van der Waals surface area contributed by atoms with Crippen LogP contribution in [0.15, 0.2) is 65.3 Å². The Labute approximate surface area is 163 Å². The molecule has 0 aromatic heterocycles. The molecule has 5 nitrogen and oxygen atoms in total. The summed E-state index contributed by atoms with van der Waals surface area (Å²) in [6, 6.07) is 17.9. The third-order valence-electron chi connectivity index (χ3n) is 4.60. The van der Waals surface area contributed by atoms with Gasteiger partial charge in [0.2, 0.25) is 0 Å². The highest BCUT2D eigenvalue weighted by Gasteiger charge is 2.30. The monoisotopic (exact) mass is 379 g/mol. The highest BCUT2D eigenvalue weighted by atomic mass is 32.2. The summed E-state index contributed by atoms with van der Waals surface area (Å²) < 4.78 is 5.40. The van der Waals surface area contributed by atoms with Crippen molar-refractivity contribution >= 4 is 40.3 Å². The van der Waals surface area contributed by atoms with Gasteiger partial charge in [-0.3, -0.25) is 9.69 Å². The number of hydrogen-bond acceptors (Lipinski definition) is 5. The maximum atomic E-state index is 12.9. The van der Waals surface area contributed by atoms with Gasteiger partial charge in [0.15, 0.2) is 5.17 Å². The lowest BCUT2D eigenvalue weighted by atomic mass is 10.1. The van der Waals surface area contributed by atoms with Crippen LogP contribution in [-0.2, 0) is 9.53 Å². The summed E-state index contributed by atoms with van der Waals surface area (Å²) in [4.78, 5) is 21.4. The zero-order valence-corrected chi connectivity index (χ0v) is 16.0. The predicted molar refractivity (Wildman–Crippen MR) is 112 cm³/mol. The van der Waals surface area contributed by atoms with Crippen molar-refractivity contribution in [3.63, 3.8) is 0 Å². The largest absolute Gasteiger partial charge is 0.378 e. The quantitative estimate of drug-likeness (QED) is 0.764. The minimum absolute atomic E-state index is 0.0946. The third kappa shape index (κ3) is 3.77. The second kappa shape index (κ2) is 7.98. The molecule has 2 aromatic carbocycles. The molecule has 27 heavy (non-hydrogen) atoms. The number of benzene rings is 2. The molecule has 0 saturated carbocycles. The van der Waals surface area contributed by atoms with Gasteiger partial charge in [0.1, 0.15) is 5.70 Å². The van der Waals surface area contributed by atoms with Crippen LogP contribution in [0.2, 0.25) is 0 Å². The highest BCUT2D eigenvalue weighted by Crippen LogP contribution is 2.28. The molecular formula is C21H21N3O2S. The predicted octanol–water partition coefficient (Wildman–Crippen LogP) is 3.63. The number of rotatable bonds is 3. The summed E-state index contributed by atoms with van der Waals surface area (Å²) in [6.45, 7) is 3.35. The van der Waals surface area contributed by atoms with Crippen molar-refractivity contribution in [1.82, 2.24) is 0 Å². The number of nitrogens with zero attached hydrogens (tertiary/aromatic N) is 3. The molecule has 2 aliphatic heterocycles. The molecule has 2 heterocycles. The Kier molecular flexibility index (Phi) is 5.27. The summed E-state index contributed by atoms with van der Waals surface area (Å²) in [6.07, 6.45) is 3.78. The maximum absolute atomic E-state index is 12.9. The van der Waals surface area contributed by atoms with Crippen molar-refractivity contribution in [2.75, 3.05) is 42.4 Å². The highest BCUT2D eigenvalue weighted by molar-refractivity contribution is 8.13. The van der Waals surface area contributed by atoms with E-state index in [-0.39, 0.29) is 5.91 Å². The van der Waals surface area contributed by atoms with Gasteiger partial charge in [0.05, 0.1) is 18.9 Å². The number of para-hydroxylation sites is 1. The molecule has 2 aromatic rings. The van der Waals surface area contributed by atoms with Crippen LogP contribution in [0.4, 0.5) is 11.4 Å². The van der Waals surface area contributed by atoms with E-state index in [0.29, 0.717) is 10.9 Å². The number of amidine groups is 1. The van der Waals surface area contributed by atoms with E-state index in [4.69, 9.17) is 4.74 Å². The van der Waals surface area contributed by atoms with Gasteiger partial charge in [-0.1, -0.05) is 42.1 Å². The standard InChI is InChI=1S/C21H21N3O2S/c1-27-21-22-19(20(25)24(21)18-5-3-2-4-6-18)15-16-7-9-17(10-8-16)23-11-13-26-14-12-23/h2-10,15H,11-14H2,1H3/b19-15+. The van der Waals surface area contributed by atoms with Crippen molar-refractivity contribution in [2.45, 2.75) is 0 Å². The first-order valence-electron chi connectivity index (χ1n) is 8.93. The molecule has 0 radical (unpaired) electrons. The fourth-order valence-electron chi connectivity index (χ4n) is 3.20. The van der Waals surface area contributed by atoms with E-state index in [1.165, 1.54) is 17.4 Å². The SMILES string of the molecule is CSC1=N/C(=C/c2ccc(N3CCOCC3)cc2)C(=O)N1c1ccccc1. The molecule has 0 spiro atoms. The molecule has 2 aliphatic rings. The van der Waals surface area contributed by atoms with Crippen molar-refractivity contribution in [3.05, 3.63) is 65.9 Å². The third-order valence-corrected chi connectivity index (χ3v) is 5.24. The number of hydrogen-bond donors (Lipinski definition) is 0. The van der Waals surface area contributed by atoms with Gasteiger partial charge in [-0.15, -0.1) is 0 Å². The summed E-state index contributed by atoms with van der Waals surface area (Å²) in [5.74, 6) is -0.0946. The lowest BCUT2D eigenvalue weighted by molar-refractivity contribution is -0.113. The average Bonchev–Trinajstić information content (AvgIpc) is 3.05. The number of anilines is 2. The van der Waals surface area contributed by atoms with Crippen LogP contribution in [0.5, 0.6) is 0 Å². The zero-order chi connectivity index (χ0) is 18.6. The molecule has 0 N–H and O–H groups in total. The Balaban J connectivity index is 1.56. The summed E-state index contributed by atoms with van der Waals surface area (Å²) in [7, 11) is 0. The van der Waals surface area contributed by atoms with Crippen molar-refractivity contribution in [1.29, 1.82) is 0 Å². The first-order valence-corrected chi connectivity index (χ1v) is 10.2. The average molecular weight is 379 g/mol. The fraction of sp³-hybridized carbons (Fsp3) is 0.238. The molecule has 138 valence electrons. The van der Waals surface area contributed by atoms with Gasteiger partial charge in [-0.25, -0.2) is 4.99 Å². The van der Waals surface area contributed by atoms with Crippen LogP contribution in [0.25, 0.3) is 6.08 Å². The normalized spacial score (nSPS) is 18.9. The molecule has 0 atom stereocenters. The van der Waals surface area contributed by atoms with Gasteiger partial charge >= 0.3 is 0 Å². The first kappa shape index (κ1) is 17.8. The summed E-state index contributed by atoms with van der Waals surface area (Å²) in [5, 5.41) is 0.697. The van der Waals surface area contributed by atoms with E-state index in [9.17, 15) is 4.79 Å². The van der Waals surface area contributed by atoms with Crippen molar-refractivity contribution < 1.29 is 9.53 Å². The molecule has 0 aliphatic carbocycles. The molecular weight excluding hydrogens is 358 g/mol. The molecule has 1 amide bonds. The Hall–Kier alpha value is -2.57. The van der Waals surface area contributed by atoms with E-state index in [1.807, 2.05) is 54.8 Å². The van der Waals surface area contributed by atoms with E-state index >= 15 is 0 Å². The minimum atomic E-state index is -0.0946. The molecule has 1 saturated heterocycles.